The van der Waals surface area contributed by atoms with E-state index in [9.17, 15) is 36.7 Å². The second kappa shape index (κ2) is 11.0. The Balaban J connectivity index is 1.31. The van der Waals surface area contributed by atoms with E-state index >= 15 is 0 Å². The molecule has 2 unspecified atom stereocenters. The van der Waals surface area contributed by atoms with Gasteiger partial charge in [0.15, 0.2) is 6.61 Å². The number of alkyl halides is 3. The Bertz CT molecular complexity index is 1800. The number of fused-ring (bicyclic) bond motifs is 2. The highest BCUT2D eigenvalue weighted by atomic mass is 32.2. The number of aromatic amines is 1. The molecule has 0 saturated carbocycles. The van der Waals surface area contributed by atoms with Crippen LogP contribution in [-0.4, -0.2) is 34.6 Å². The number of rotatable bonds is 6. The highest BCUT2D eigenvalue weighted by Gasteiger charge is 2.57. The number of H-pyrrole nitrogens is 1. The number of thioether (sulfide) groups is 1. The first-order chi connectivity index (χ1) is 20.5. The van der Waals surface area contributed by atoms with Gasteiger partial charge in [-0.3, -0.25) is 19.2 Å². The number of nitrogens with one attached hydrogen (secondary N) is 2. The number of nitrogens with zero attached hydrogens (tertiary/aromatic N) is 1. The molecule has 6 rings (SSSR count). The fraction of sp³-hybridized carbons (Fsp3) is 0.172. The molecule has 0 aliphatic carbocycles. The maximum absolute atomic E-state index is 13.9. The summed E-state index contributed by atoms with van der Waals surface area (Å²) < 4.78 is 60.3. The van der Waals surface area contributed by atoms with E-state index in [4.69, 9.17) is 4.74 Å². The predicted molar refractivity (Wildman–Crippen MR) is 151 cm³/mol. The quantitative estimate of drug-likeness (QED) is 0.218. The summed E-state index contributed by atoms with van der Waals surface area (Å²) in [7, 11) is 0. The predicted octanol–water partition coefficient (Wildman–Crippen LogP) is 5.41. The number of halogens is 4. The van der Waals surface area contributed by atoms with Gasteiger partial charge in [-0.2, -0.15) is 13.2 Å². The minimum atomic E-state index is -4.81. The van der Waals surface area contributed by atoms with E-state index in [1.54, 1.807) is 24.3 Å². The van der Waals surface area contributed by atoms with Gasteiger partial charge in [-0.15, -0.1) is 0 Å². The van der Waals surface area contributed by atoms with Gasteiger partial charge in [0, 0.05) is 16.5 Å². The summed E-state index contributed by atoms with van der Waals surface area (Å²) in [6.45, 7) is -0.407. The number of hydrogen-bond acceptors (Lipinski definition) is 7. The molecule has 43 heavy (non-hydrogen) atoms. The van der Waals surface area contributed by atoms with Gasteiger partial charge in [-0.25, -0.2) is 9.29 Å². The van der Waals surface area contributed by atoms with Crippen LogP contribution in [0.25, 0.3) is 0 Å². The van der Waals surface area contributed by atoms with E-state index < -0.39 is 69.5 Å². The Morgan fingerprint density at radius 2 is 1.72 bits per heavy atom. The first-order valence-corrected chi connectivity index (χ1v) is 14.4. The van der Waals surface area contributed by atoms with Gasteiger partial charge < -0.3 is 15.0 Å². The molecule has 220 valence electrons. The number of para-hydroxylation sites is 1. The van der Waals surface area contributed by atoms with Crippen LogP contribution >= 0.6 is 23.1 Å². The monoisotopic (exact) mass is 629 g/mol. The molecular weight excluding hydrogens is 610 g/mol. The Labute approximate surface area is 248 Å². The second-order valence-electron chi connectivity index (χ2n) is 9.69. The third-order valence-corrected chi connectivity index (χ3v) is 9.39. The van der Waals surface area contributed by atoms with E-state index in [2.05, 4.69) is 10.3 Å². The third-order valence-electron chi connectivity index (χ3n) is 6.99. The van der Waals surface area contributed by atoms with Gasteiger partial charge in [0.2, 0.25) is 11.8 Å². The lowest BCUT2D eigenvalue weighted by Crippen LogP contribution is -2.33. The Morgan fingerprint density at radius 1 is 0.977 bits per heavy atom. The minimum Gasteiger partial charge on any atom is -0.484 e. The number of hydrogen-bond donors (Lipinski definition) is 2. The van der Waals surface area contributed by atoms with Crippen molar-refractivity contribution in [2.75, 3.05) is 16.8 Å². The van der Waals surface area contributed by atoms with E-state index in [0.29, 0.717) is 26.1 Å². The fourth-order valence-electron chi connectivity index (χ4n) is 5.20. The van der Waals surface area contributed by atoms with Crippen LogP contribution in [0, 0.1) is 11.7 Å². The van der Waals surface area contributed by atoms with E-state index in [1.807, 2.05) is 0 Å². The molecule has 1 aromatic heterocycles. The molecular formula is C29H19F4N3O5S2. The fourth-order valence-corrected chi connectivity index (χ4v) is 7.71. The van der Waals surface area contributed by atoms with E-state index in [1.165, 1.54) is 36.4 Å². The molecule has 3 atom stereocenters. The molecule has 14 heteroatoms. The van der Waals surface area contributed by atoms with Gasteiger partial charge >= 0.3 is 11.0 Å². The summed E-state index contributed by atoms with van der Waals surface area (Å²) in [5.74, 6) is -4.35. The number of thiazole rings is 1. The zero-order chi connectivity index (χ0) is 30.5. The number of ether oxygens (including phenoxy) is 1. The van der Waals surface area contributed by atoms with Crippen molar-refractivity contribution in [1.29, 1.82) is 0 Å². The van der Waals surface area contributed by atoms with Crippen LogP contribution in [0.1, 0.15) is 21.9 Å². The van der Waals surface area contributed by atoms with Gasteiger partial charge in [0.25, 0.3) is 5.91 Å². The molecule has 0 spiro atoms. The molecule has 3 amide bonds. The molecule has 2 N–H and O–H groups in total. The molecule has 4 aromatic rings. The van der Waals surface area contributed by atoms with Crippen LogP contribution in [-0.2, 0) is 20.6 Å². The molecule has 8 nitrogen and oxygen atoms in total. The lowest BCUT2D eigenvalue weighted by Gasteiger charge is -2.30. The van der Waals surface area contributed by atoms with Crippen molar-refractivity contribution >= 4 is 52.2 Å². The molecule has 2 aliphatic heterocycles. The largest absolute Gasteiger partial charge is 0.484 e. The Morgan fingerprint density at radius 3 is 2.47 bits per heavy atom. The summed E-state index contributed by atoms with van der Waals surface area (Å²) >= 11 is 1.80. The first-order valence-electron chi connectivity index (χ1n) is 12.7. The number of carbonyl (C=O) groups is 3. The number of anilines is 2. The summed E-state index contributed by atoms with van der Waals surface area (Å²) in [5, 5.41) is 1.84. The third kappa shape index (κ3) is 5.43. The SMILES string of the molecule is O=C(COc1cccc([C@H]2c3sc(=O)[nH]c3SC3C(=O)N(c4ccccc4C(F)(F)F)C(=O)C32)c1)Nc1ccc(F)cc1. The molecule has 1 fully saturated rings. The van der Waals surface area contributed by atoms with Crippen LogP contribution < -0.4 is 19.8 Å². The molecule has 0 bridgehead atoms. The van der Waals surface area contributed by atoms with Gasteiger partial charge in [-0.1, -0.05) is 47.4 Å². The number of aromatic nitrogens is 1. The number of carbonyl (C=O) groups excluding carboxylic acids is 3. The second-order valence-corrected chi connectivity index (χ2v) is 11.9. The summed E-state index contributed by atoms with van der Waals surface area (Å²) in [6, 6.07) is 15.9. The number of benzene rings is 3. The van der Waals surface area contributed by atoms with Crippen LogP contribution in [0.5, 0.6) is 5.75 Å². The van der Waals surface area contributed by atoms with E-state index in [0.717, 1.165) is 35.2 Å². The Hall–Kier alpha value is -4.43. The van der Waals surface area contributed by atoms with Crippen molar-refractivity contribution in [2.24, 2.45) is 5.92 Å². The van der Waals surface area contributed by atoms with Crippen molar-refractivity contribution in [1.82, 2.24) is 4.98 Å². The molecule has 1 saturated heterocycles. The maximum Gasteiger partial charge on any atom is 0.418 e. The van der Waals surface area contributed by atoms with Gasteiger partial charge in [0.1, 0.15) is 16.8 Å². The van der Waals surface area contributed by atoms with Crippen LogP contribution in [0.4, 0.5) is 28.9 Å². The average molecular weight is 630 g/mol. The maximum atomic E-state index is 13.9. The van der Waals surface area contributed by atoms with Crippen LogP contribution in [0.2, 0.25) is 0 Å². The zero-order valence-corrected chi connectivity index (χ0v) is 23.3. The lowest BCUT2D eigenvalue weighted by molar-refractivity contribution is -0.137. The molecule has 0 radical (unpaired) electrons. The normalized spacial score (nSPS) is 19.6. The highest BCUT2D eigenvalue weighted by molar-refractivity contribution is 8.00. The zero-order valence-electron chi connectivity index (χ0n) is 21.7. The average Bonchev–Trinajstić information content (AvgIpc) is 3.46. The highest BCUT2D eigenvalue weighted by Crippen LogP contribution is 2.54. The van der Waals surface area contributed by atoms with Crippen molar-refractivity contribution in [2.45, 2.75) is 22.4 Å². The topological polar surface area (TPSA) is 109 Å². The molecule has 3 heterocycles. The van der Waals surface area contributed by atoms with Crippen LogP contribution in [0.3, 0.4) is 0 Å². The smallest absolute Gasteiger partial charge is 0.418 e. The van der Waals surface area contributed by atoms with Crippen molar-refractivity contribution in [3.05, 3.63) is 104 Å². The molecule has 2 aliphatic rings. The standard InChI is InChI=1S/C29H19F4N3O5S2/c30-15-8-10-16(11-9-15)34-20(37)13-41-17-5-3-4-14(12-17)21-22-24(42-25-23(21)43-28(40)35-25)27(39)36(26(22)38)19-7-2-1-6-18(19)29(31,32)33/h1-12,21-22,24H,13H2,(H,34,37)(H,35,40)/t21-,22?,24?/m1/s1. The van der Waals surface area contributed by atoms with Crippen molar-refractivity contribution in [3.63, 3.8) is 0 Å². The van der Waals surface area contributed by atoms with Gasteiger partial charge in [0.05, 0.1) is 22.2 Å². The summed E-state index contributed by atoms with van der Waals surface area (Å²) in [4.78, 5) is 55.5. The number of amides is 3. The summed E-state index contributed by atoms with van der Waals surface area (Å²) in [5.41, 5.74) is -0.838. The minimum absolute atomic E-state index is 0.238. The lowest BCUT2D eigenvalue weighted by atomic mass is 9.83. The van der Waals surface area contributed by atoms with Gasteiger partial charge in [-0.05, 0) is 54.1 Å². The van der Waals surface area contributed by atoms with Crippen molar-refractivity contribution in [3.8, 4) is 5.75 Å². The molecule has 3 aromatic carbocycles. The Kier molecular flexibility index (Phi) is 7.34. The van der Waals surface area contributed by atoms with Crippen molar-refractivity contribution < 1.29 is 36.7 Å². The van der Waals surface area contributed by atoms with E-state index in [-0.39, 0.29) is 5.75 Å². The number of imide groups is 1. The first kappa shape index (κ1) is 28.7. The van der Waals surface area contributed by atoms with Crippen LogP contribution in [0.15, 0.2) is 82.6 Å². The summed E-state index contributed by atoms with van der Waals surface area (Å²) in [6.07, 6.45) is -4.81.